The summed E-state index contributed by atoms with van der Waals surface area (Å²) >= 11 is 0. The first-order chi connectivity index (χ1) is 6.72. The van der Waals surface area contributed by atoms with Gasteiger partial charge in [0, 0.05) is 19.6 Å². The molecule has 2 N–H and O–H groups in total. The van der Waals surface area contributed by atoms with Crippen molar-refractivity contribution < 1.29 is 10.2 Å². The molecule has 0 aromatic carbocycles. The van der Waals surface area contributed by atoms with Crippen LogP contribution in [0.1, 0.15) is 6.92 Å². The number of hydrogen-bond donors (Lipinski definition) is 2. The van der Waals surface area contributed by atoms with E-state index in [-0.39, 0.29) is 0 Å². The van der Waals surface area contributed by atoms with Gasteiger partial charge in [0.1, 0.15) is 5.82 Å². The van der Waals surface area contributed by atoms with E-state index >= 15 is 0 Å². The van der Waals surface area contributed by atoms with Crippen LogP contribution < -0.4 is 4.90 Å². The lowest BCUT2D eigenvalue weighted by atomic mass is 10.3. The van der Waals surface area contributed by atoms with Crippen molar-refractivity contribution in [1.82, 2.24) is 15.0 Å². The molecule has 0 aliphatic carbocycles. The summed E-state index contributed by atoms with van der Waals surface area (Å²) in [7, 11) is 0. The molecule has 0 amide bonds. The molecule has 2 heterocycles. The minimum atomic E-state index is -0.671. The van der Waals surface area contributed by atoms with E-state index in [4.69, 9.17) is 0 Å². The van der Waals surface area contributed by atoms with E-state index in [9.17, 15) is 10.2 Å². The summed E-state index contributed by atoms with van der Waals surface area (Å²) in [5.41, 5.74) is 0. The Labute approximate surface area is 81.8 Å². The van der Waals surface area contributed by atoms with Gasteiger partial charge in [-0.25, -0.2) is 4.68 Å². The maximum atomic E-state index is 9.39. The Hall–Kier alpha value is -1.14. The molecule has 78 valence electrons. The number of β-amino-alcohol motifs (C(OH)–C–C–N with tert-alkyl or cyclic N) is 2. The predicted octanol–water partition coefficient (Wildman–Crippen LogP) is -1.16. The Morgan fingerprint density at radius 3 is 2.64 bits per heavy atom. The molecule has 0 radical (unpaired) electrons. The van der Waals surface area contributed by atoms with Crippen LogP contribution in [0.3, 0.4) is 0 Å². The number of nitrogens with zero attached hydrogens (tertiary/aromatic N) is 4. The van der Waals surface area contributed by atoms with Gasteiger partial charge in [0.15, 0.2) is 0 Å². The summed E-state index contributed by atoms with van der Waals surface area (Å²) in [4.78, 5) is 1.89. The standard InChI is InChI=1S/C8H14N4O2/c1-2-12-8(3-9-10-12)11-4-6(13)7(14)5-11/h3,6-7,13-14H,2,4-5H2,1H3. The Balaban J connectivity index is 2.16. The summed E-state index contributed by atoms with van der Waals surface area (Å²) in [6.45, 7) is 3.59. The van der Waals surface area contributed by atoms with Crippen LogP contribution in [0.5, 0.6) is 0 Å². The van der Waals surface area contributed by atoms with Crippen LogP contribution >= 0.6 is 0 Å². The number of aliphatic hydroxyl groups is 2. The number of aromatic nitrogens is 3. The summed E-state index contributed by atoms with van der Waals surface area (Å²) < 4.78 is 1.74. The Morgan fingerprint density at radius 1 is 1.43 bits per heavy atom. The third kappa shape index (κ3) is 1.46. The van der Waals surface area contributed by atoms with Crippen LogP contribution in [-0.2, 0) is 6.54 Å². The molecule has 0 bridgehead atoms. The minimum absolute atomic E-state index is 0.439. The molecule has 1 fully saturated rings. The number of hydrogen-bond acceptors (Lipinski definition) is 5. The van der Waals surface area contributed by atoms with Crippen LogP contribution in [-0.4, -0.2) is 50.5 Å². The van der Waals surface area contributed by atoms with Gasteiger partial charge in [0.25, 0.3) is 0 Å². The maximum Gasteiger partial charge on any atom is 0.147 e. The molecule has 1 aromatic heterocycles. The van der Waals surface area contributed by atoms with E-state index < -0.39 is 12.2 Å². The van der Waals surface area contributed by atoms with Gasteiger partial charge in [-0.15, -0.1) is 5.10 Å². The molecule has 0 saturated carbocycles. The zero-order valence-corrected chi connectivity index (χ0v) is 8.04. The highest BCUT2D eigenvalue weighted by Gasteiger charge is 2.31. The third-order valence-corrected chi connectivity index (χ3v) is 2.48. The molecule has 6 nitrogen and oxygen atoms in total. The van der Waals surface area contributed by atoms with Crippen LogP contribution in [0.15, 0.2) is 6.20 Å². The SMILES string of the molecule is CCn1nncc1N1CC(O)C(O)C1. The molecule has 2 unspecified atom stereocenters. The van der Waals surface area contributed by atoms with Crippen molar-refractivity contribution in [2.24, 2.45) is 0 Å². The van der Waals surface area contributed by atoms with Crippen molar-refractivity contribution in [2.75, 3.05) is 18.0 Å². The van der Waals surface area contributed by atoms with E-state index in [2.05, 4.69) is 10.3 Å². The molecule has 2 rings (SSSR count). The van der Waals surface area contributed by atoms with Crippen LogP contribution in [0.25, 0.3) is 0 Å². The number of rotatable bonds is 2. The average Bonchev–Trinajstić information content (AvgIpc) is 2.73. The molecular weight excluding hydrogens is 184 g/mol. The molecule has 1 aliphatic heterocycles. The minimum Gasteiger partial charge on any atom is -0.389 e. The van der Waals surface area contributed by atoms with E-state index in [1.165, 1.54) is 0 Å². The second-order valence-electron chi connectivity index (χ2n) is 3.45. The Kier molecular flexibility index (Phi) is 2.39. The first-order valence-corrected chi connectivity index (χ1v) is 4.72. The normalized spacial score (nSPS) is 27.2. The van der Waals surface area contributed by atoms with Crippen LogP contribution in [0.2, 0.25) is 0 Å². The zero-order valence-electron chi connectivity index (χ0n) is 8.04. The fourth-order valence-corrected chi connectivity index (χ4v) is 1.68. The Morgan fingerprint density at radius 2 is 2.07 bits per heavy atom. The molecule has 1 aromatic rings. The highest BCUT2D eigenvalue weighted by molar-refractivity contribution is 5.38. The van der Waals surface area contributed by atoms with Gasteiger partial charge in [-0.3, -0.25) is 0 Å². The average molecular weight is 198 g/mol. The van der Waals surface area contributed by atoms with E-state index in [1.54, 1.807) is 10.9 Å². The highest BCUT2D eigenvalue weighted by atomic mass is 16.3. The molecule has 14 heavy (non-hydrogen) atoms. The van der Waals surface area contributed by atoms with E-state index in [0.717, 1.165) is 12.4 Å². The van der Waals surface area contributed by atoms with E-state index in [1.807, 2.05) is 11.8 Å². The molecule has 1 aliphatic rings. The fourth-order valence-electron chi connectivity index (χ4n) is 1.68. The number of aryl methyl sites for hydroxylation is 1. The lowest BCUT2D eigenvalue weighted by Gasteiger charge is -2.16. The van der Waals surface area contributed by atoms with Crippen LogP contribution in [0.4, 0.5) is 5.82 Å². The van der Waals surface area contributed by atoms with E-state index in [0.29, 0.717) is 13.1 Å². The molecule has 1 saturated heterocycles. The van der Waals surface area contributed by atoms with Gasteiger partial charge in [-0.2, -0.15) is 0 Å². The van der Waals surface area contributed by atoms with Gasteiger partial charge in [0.2, 0.25) is 0 Å². The quantitative estimate of drug-likeness (QED) is 0.627. The van der Waals surface area contributed by atoms with Crippen molar-refractivity contribution in [2.45, 2.75) is 25.7 Å². The monoisotopic (exact) mass is 198 g/mol. The van der Waals surface area contributed by atoms with Crippen molar-refractivity contribution in [3.8, 4) is 0 Å². The van der Waals surface area contributed by atoms with Crippen molar-refractivity contribution >= 4 is 5.82 Å². The lowest BCUT2D eigenvalue weighted by Crippen LogP contribution is -2.24. The molecule has 6 heteroatoms. The lowest BCUT2D eigenvalue weighted by molar-refractivity contribution is 0.0572. The van der Waals surface area contributed by atoms with Crippen molar-refractivity contribution in [3.05, 3.63) is 6.20 Å². The first-order valence-electron chi connectivity index (χ1n) is 4.72. The second kappa shape index (κ2) is 3.55. The van der Waals surface area contributed by atoms with Gasteiger partial charge in [-0.05, 0) is 6.92 Å². The van der Waals surface area contributed by atoms with Gasteiger partial charge in [-0.1, -0.05) is 5.21 Å². The van der Waals surface area contributed by atoms with Gasteiger partial charge < -0.3 is 15.1 Å². The number of anilines is 1. The summed E-state index contributed by atoms with van der Waals surface area (Å²) in [6.07, 6.45) is 0.305. The zero-order chi connectivity index (χ0) is 10.1. The fraction of sp³-hybridized carbons (Fsp3) is 0.750. The first kappa shape index (κ1) is 9.42. The van der Waals surface area contributed by atoms with Crippen molar-refractivity contribution in [3.63, 3.8) is 0 Å². The second-order valence-corrected chi connectivity index (χ2v) is 3.45. The summed E-state index contributed by atoms with van der Waals surface area (Å²) in [5.74, 6) is 0.850. The van der Waals surface area contributed by atoms with Crippen molar-refractivity contribution in [1.29, 1.82) is 0 Å². The molecular formula is C8H14N4O2. The van der Waals surface area contributed by atoms with Gasteiger partial charge >= 0.3 is 0 Å². The molecule has 2 atom stereocenters. The topological polar surface area (TPSA) is 74.4 Å². The predicted molar refractivity (Wildman–Crippen MR) is 49.9 cm³/mol. The molecule has 0 spiro atoms. The third-order valence-electron chi connectivity index (χ3n) is 2.48. The number of aliphatic hydroxyl groups excluding tert-OH is 2. The maximum absolute atomic E-state index is 9.39. The van der Waals surface area contributed by atoms with Gasteiger partial charge in [0.05, 0.1) is 18.4 Å². The summed E-state index contributed by atoms with van der Waals surface area (Å²) in [5, 5.41) is 26.5. The highest BCUT2D eigenvalue weighted by Crippen LogP contribution is 2.19. The Bertz CT molecular complexity index is 304. The smallest absolute Gasteiger partial charge is 0.147 e. The largest absolute Gasteiger partial charge is 0.389 e. The summed E-state index contributed by atoms with van der Waals surface area (Å²) in [6, 6.07) is 0. The van der Waals surface area contributed by atoms with Crippen LogP contribution in [0, 0.1) is 0 Å².